The average Bonchev–Trinajstić information content (AvgIpc) is 2.48. The quantitative estimate of drug-likeness (QED) is 0.863. The molecule has 0 aliphatic carbocycles. The molecule has 1 aromatic carbocycles. The number of benzene rings is 1. The molecule has 1 aliphatic heterocycles. The largest absolute Gasteiger partial charge is 0.494 e. The molecule has 2 rings (SSSR count). The third-order valence-electron chi connectivity index (χ3n) is 4.30. The Morgan fingerprint density at radius 3 is 2.85 bits per heavy atom. The van der Waals surface area contributed by atoms with Gasteiger partial charge in [0, 0.05) is 24.2 Å². The fourth-order valence-corrected chi connectivity index (χ4v) is 3.06. The Bertz CT molecular complexity index is 408. The zero-order valence-electron chi connectivity index (χ0n) is 13.1. The van der Waals surface area contributed by atoms with Crippen LogP contribution >= 0.6 is 0 Å². The average molecular weight is 276 g/mol. The summed E-state index contributed by atoms with van der Waals surface area (Å²) in [5.74, 6) is 1.01. The maximum Gasteiger partial charge on any atom is 0.124 e. The number of hydrogen-bond donors (Lipinski definition) is 1. The lowest BCUT2D eigenvalue weighted by Crippen LogP contribution is -2.42. The second-order valence-corrected chi connectivity index (χ2v) is 5.65. The van der Waals surface area contributed by atoms with Crippen molar-refractivity contribution >= 4 is 0 Å². The van der Waals surface area contributed by atoms with Crippen molar-refractivity contribution in [1.82, 2.24) is 10.2 Å². The summed E-state index contributed by atoms with van der Waals surface area (Å²) in [5, 5.41) is 3.46. The van der Waals surface area contributed by atoms with Gasteiger partial charge in [-0.2, -0.15) is 0 Å². The maximum atomic E-state index is 5.78. The highest BCUT2D eigenvalue weighted by molar-refractivity contribution is 5.36. The predicted molar refractivity (Wildman–Crippen MR) is 84.3 cm³/mol. The molecule has 2 atom stereocenters. The fourth-order valence-electron chi connectivity index (χ4n) is 3.06. The van der Waals surface area contributed by atoms with E-state index in [0.717, 1.165) is 12.3 Å². The first-order valence-electron chi connectivity index (χ1n) is 7.89. The van der Waals surface area contributed by atoms with Crippen LogP contribution in [-0.2, 0) is 0 Å². The van der Waals surface area contributed by atoms with E-state index in [4.69, 9.17) is 4.74 Å². The number of nitrogens with one attached hydrogen (secondary N) is 1. The molecule has 0 aromatic heterocycles. The van der Waals surface area contributed by atoms with Crippen LogP contribution in [0.2, 0.25) is 0 Å². The normalized spacial score (nSPS) is 21.6. The van der Waals surface area contributed by atoms with Crippen LogP contribution in [0.3, 0.4) is 0 Å². The molecule has 1 fully saturated rings. The van der Waals surface area contributed by atoms with Gasteiger partial charge in [0.05, 0.1) is 6.61 Å². The molecule has 0 amide bonds. The predicted octanol–water partition coefficient (Wildman–Crippen LogP) is 3.22. The molecule has 112 valence electrons. The summed E-state index contributed by atoms with van der Waals surface area (Å²) in [6, 6.07) is 9.42. The third kappa shape index (κ3) is 3.74. The molecule has 3 heteroatoms. The number of hydrogen-bond acceptors (Lipinski definition) is 3. The lowest BCUT2D eigenvalue weighted by molar-refractivity contribution is 0.145. The van der Waals surface area contributed by atoms with Crippen molar-refractivity contribution in [2.24, 2.45) is 0 Å². The molecule has 1 N–H and O–H groups in total. The topological polar surface area (TPSA) is 24.5 Å². The summed E-state index contributed by atoms with van der Waals surface area (Å²) in [4.78, 5) is 2.60. The number of para-hydroxylation sites is 1. The van der Waals surface area contributed by atoms with Crippen molar-refractivity contribution in [3.05, 3.63) is 29.8 Å². The Labute approximate surface area is 123 Å². The van der Waals surface area contributed by atoms with E-state index in [0.29, 0.717) is 18.7 Å². The van der Waals surface area contributed by atoms with Crippen molar-refractivity contribution in [2.45, 2.75) is 45.2 Å². The molecule has 1 saturated heterocycles. The Morgan fingerprint density at radius 2 is 2.15 bits per heavy atom. The summed E-state index contributed by atoms with van der Waals surface area (Å²) < 4.78 is 5.78. The minimum atomic E-state index is 0.332. The zero-order valence-corrected chi connectivity index (χ0v) is 13.1. The molecule has 3 nitrogen and oxygen atoms in total. The van der Waals surface area contributed by atoms with E-state index in [1.165, 1.54) is 31.4 Å². The van der Waals surface area contributed by atoms with Gasteiger partial charge in [0.2, 0.25) is 0 Å². The number of rotatable bonds is 6. The first-order valence-corrected chi connectivity index (χ1v) is 7.89. The first-order chi connectivity index (χ1) is 9.76. The highest BCUT2D eigenvalue weighted by Crippen LogP contribution is 2.27. The van der Waals surface area contributed by atoms with Crippen LogP contribution in [0.1, 0.15) is 44.7 Å². The Hall–Kier alpha value is -1.06. The zero-order chi connectivity index (χ0) is 14.4. The molecule has 1 aliphatic rings. The van der Waals surface area contributed by atoms with Gasteiger partial charge in [0.25, 0.3) is 0 Å². The van der Waals surface area contributed by atoms with Gasteiger partial charge in [0.15, 0.2) is 0 Å². The third-order valence-corrected chi connectivity index (χ3v) is 4.30. The van der Waals surface area contributed by atoms with Crippen molar-refractivity contribution in [3.8, 4) is 5.75 Å². The highest BCUT2D eigenvalue weighted by Gasteiger charge is 2.23. The summed E-state index contributed by atoms with van der Waals surface area (Å²) in [5.41, 5.74) is 1.27. The smallest absolute Gasteiger partial charge is 0.124 e. The van der Waals surface area contributed by atoms with E-state index >= 15 is 0 Å². The van der Waals surface area contributed by atoms with Crippen LogP contribution in [0.25, 0.3) is 0 Å². The Balaban J connectivity index is 2.11. The van der Waals surface area contributed by atoms with Crippen LogP contribution < -0.4 is 10.1 Å². The van der Waals surface area contributed by atoms with Gasteiger partial charge in [-0.1, -0.05) is 24.6 Å². The molecule has 0 spiro atoms. The number of likely N-dealkylation sites (tertiary alicyclic amines) is 1. The van der Waals surface area contributed by atoms with Crippen LogP contribution in [-0.4, -0.2) is 37.7 Å². The number of piperidine rings is 1. The van der Waals surface area contributed by atoms with Gasteiger partial charge in [-0.05, 0) is 46.3 Å². The Morgan fingerprint density at radius 1 is 1.35 bits per heavy atom. The van der Waals surface area contributed by atoms with Crippen LogP contribution in [0.15, 0.2) is 24.3 Å². The second kappa shape index (κ2) is 7.65. The summed E-state index contributed by atoms with van der Waals surface area (Å²) in [6.45, 7) is 7.38. The van der Waals surface area contributed by atoms with Crippen molar-refractivity contribution < 1.29 is 4.74 Å². The van der Waals surface area contributed by atoms with E-state index in [2.05, 4.69) is 35.3 Å². The summed E-state index contributed by atoms with van der Waals surface area (Å²) in [6.07, 6.45) is 4.02. The standard InChI is InChI=1S/C17H28N2O/c1-4-20-17-11-6-5-10-15(17)16(18-3)13-19-12-8-7-9-14(19)2/h5-6,10-11,14,16,18H,4,7-9,12-13H2,1-3H3. The van der Waals surface area contributed by atoms with Crippen LogP contribution in [0, 0.1) is 0 Å². The second-order valence-electron chi connectivity index (χ2n) is 5.65. The molecular weight excluding hydrogens is 248 g/mol. The summed E-state index contributed by atoms with van der Waals surface area (Å²) >= 11 is 0. The molecule has 2 unspecified atom stereocenters. The number of likely N-dealkylation sites (N-methyl/N-ethyl adjacent to an activating group) is 1. The minimum Gasteiger partial charge on any atom is -0.494 e. The lowest BCUT2D eigenvalue weighted by Gasteiger charge is -2.36. The summed E-state index contributed by atoms with van der Waals surface area (Å²) in [7, 11) is 2.04. The van der Waals surface area contributed by atoms with Gasteiger partial charge < -0.3 is 10.1 Å². The molecule has 0 bridgehead atoms. The van der Waals surface area contributed by atoms with E-state index in [1.807, 2.05) is 20.0 Å². The number of ether oxygens (including phenoxy) is 1. The highest BCUT2D eigenvalue weighted by atomic mass is 16.5. The van der Waals surface area contributed by atoms with E-state index in [-0.39, 0.29) is 0 Å². The number of nitrogens with zero attached hydrogens (tertiary/aromatic N) is 1. The van der Waals surface area contributed by atoms with Gasteiger partial charge in [-0.25, -0.2) is 0 Å². The van der Waals surface area contributed by atoms with Crippen molar-refractivity contribution in [1.29, 1.82) is 0 Å². The molecule has 20 heavy (non-hydrogen) atoms. The monoisotopic (exact) mass is 276 g/mol. The SMILES string of the molecule is CCOc1ccccc1C(CN1CCCCC1C)NC. The van der Waals surface area contributed by atoms with E-state index in [1.54, 1.807) is 0 Å². The van der Waals surface area contributed by atoms with Gasteiger partial charge in [0.1, 0.15) is 5.75 Å². The molecule has 1 aromatic rings. The van der Waals surface area contributed by atoms with Crippen molar-refractivity contribution in [2.75, 3.05) is 26.7 Å². The van der Waals surface area contributed by atoms with Gasteiger partial charge in [-0.3, -0.25) is 4.90 Å². The molecule has 0 saturated carbocycles. The minimum absolute atomic E-state index is 0.332. The maximum absolute atomic E-state index is 5.78. The first kappa shape index (κ1) is 15.3. The van der Waals surface area contributed by atoms with Gasteiger partial charge >= 0.3 is 0 Å². The molecule has 0 radical (unpaired) electrons. The van der Waals surface area contributed by atoms with E-state index < -0.39 is 0 Å². The van der Waals surface area contributed by atoms with Crippen molar-refractivity contribution in [3.63, 3.8) is 0 Å². The van der Waals surface area contributed by atoms with E-state index in [9.17, 15) is 0 Å². The molecule has 1 heterocycles. The Kier molecular flexibility index (Phi) is 5.86. The fraction of sp³-hybridized carbons (Fsp3) is 0.647. The van der Waals surface area contributed by atoms with Gasteiger partial charge in [-0.15, -0.1) is 0 Å². The van der Waals surface area contributed by atoms with Crippen LogP contribution in [0.5, 0.6) is 5.75 Å². The van der Waals surface area contributed by atoms with Crippen LogP contribution in [0.4, 0.5) is 0 Å². The lowest BCUT2D eigenvalue weighted by atomic mass is 10.00. The molecular formula is C17H28N2O.